The van der Waals surface area contributed by atoms with Gasteiger partial charge in [0.25, 0.3) is 0 Å². The number of carbonyl (C=O) groups excluding carboxylic acids is 1. The minimum absolute atomic E-state index is 0.0480. The van der Waals surface area contributed by atoms with Crippen molar-refractivity contribution in [2.45, 2.75) is 6.42 Å². The number of carbonyl (C=O) groups is 1. The highest BCUT2D eigenvalue weighted by Gasteiger charge is 2.34. The topological polar surface area (TPSA) is 100 Å². The van der Waals surface area contributed by atoms with Crippen LogP contribution in [0.4, 0.5) is 11.6 Å². The van der Waals surface area contributed by atoms with Crippen molar-refractivity contribution in [1.82, 2.24) is 15.0 Å². The average molecular weight is 391 g/mol. The van der Waals surface area contributed by atoms with Crippen LogP contribution in [-0.4, -0.2) is 46.2 Å². The summed E-state index contributed by atoms with van der Waals surface area (Å²) in [4.78, 5) is 27.3. The van der Waals surface area contributed by atoms with E-state index in [0.717, 1.165) is 22.8 Å². The number of rotatable bonds is 6. The minimum atomic E-state index is -0.194. The van der Waals surface area contributed by atoms with E-state index >= 15 is 0 Å². The van der Waals surface area contributed by atoms with Crippen LogP contribution < -0.4 is 15.0 Å². The third-order valence-electron chi connectivity index (χ3n) is 4.80. The molecule has 0 bridgehead atoms. The van der Waals surface area contributed by atoms with Crippen molar-refractivity contribution in [3.8, 4) is 11.5 Å². The van der Waals surface area contributed by atoms with Crippen LogP contribution in [0.2, 0.25) is 0 Å². The fraction of sp³-hybridized carbons (Fsp3) is 0.238. The van der Waals surface area contributed by atoms with Crippen LogP contribution in [-0.2, 0) is 11.2 Å². The van der Waals surface area contributed by atoms with E-state index in [0.29, 0.717) is 19.5 Å². The van der Waals surface area contributed by atoms with Gasteiger partial charge in [-0.25, -0.2) is 9.97 Å². The Labute approximate surface area is 168 Å². The molecule has 1 saturated heterocycles. The maximum atomic E-state index is 12.4. The third kappa shape index (κ3) is 4.26. The van der Waals surface area contributed by atoms with Crippen LogP contribution in [0.5, 0.6) is 11.5 Å². The second-order valence-corrected chi connectivity index (χ2v) is 6.86. The number of nitrogens with one attached hydrogen (secondary N) is 1. The van der Waals surface area contributed by atoms with Crippen molar-refractivity contribution in [2.75, 3.05) is 30.4 Å². The molecule has 3 heterocycles. The van der Waals surface area contributed by atoms with Crippen LogP contribution in [0.25, 0.3) is 0 Å². The van der Waals surface area contributed by atoms with E-state index in [1.165, 1.54) is 12.3 Å². The van der Waals surface area contributed by atoms with Crippen LogP contribution in [0.3, 0.4) is 0 Å². The highest BCUT2D eigenvalue weighted by Crippen LogP contribution is 2.26. The zero-order valence-corrected chi connectivity index (χ0v) is 15.9. The molecule has 3 aromatic rings. The molecule has 1 aliphatic rings. The van der Waals surface area contributed by atoms with Gasteiger partial charge in [0.15, 0.2) is 11.6 Å². The van der Waals surface area contributed by atoms with Gasteiger partial charge in [-0.2, -0.15) is 0 Å². The maximum Gasteiger partial charge on any atom is 0.232 e. The van der Waals surface area contributed by atoms with E-state index in [-0.39, 0.29) is 23.4 Å². The molecule has 8 heteroatoms. The lowest BCUT2D eigenvalue weighted by atomic mass is 9.99. The Morgan fingerprint density at radius 2 is 2.14 bits per heavy atom. The largest absolute Gasteiger partial charge is 0.504 e. The van der Waals surface area contributed by atoms with E-state index in [4.69, 9.17) is 4.74 Å². The van der Waals surface area contributed by atoms with Gasteiger partial charge in [-0.05, 0) is 29.8 Å². The van der Waals surface area contributed by atoms with Crippen molar-refractivity contribution in [3.63, 3.8) is 0 Å². The van der Waals surface area contributed by atoms with Gasteiger partial charge in [0, 0.05) is 31.9 Å². The summed E-state index contributed by atoms with van der Waals surface area (Å²) in [6, 6.07) is 10.9. The highest BCUT2D eigenvalue weighted by molar-refractivity contribution is 5.94. The van der Waals surface area contributed by atoms with Gasteiger partial charge in [0.2, 0.25) is 5.91 Å². The van der Waals surface area contributed by atoms with Gasteiger partial charge in [-0.15, -0.1) is 0 Å². The average Bonchev–Trinajstić information content (AvgIpc) is 2.69. The Kier molecular flexibility index (Phi) is 5.24. The fourth-order valence-corrected chi connectivity index (χ4v) is 3.17. The van der Waals surface area contributed by atoms with Gasteiger partial charge in [0.1, 0.15) is 11.6 Å². The molecule has 0 saturated carbocycles. The van der Waals surface area contributed by atoms with Crippen molar-refractivity contribution < 1.29 is 14.6 Å². The summed E-state index contributed by atoms with van der Waals surface area (Å²) in [5, 5.41) is 12.4. The van der Waals surface area contributed by atoms with Crippen LogP contribution in [0.1, 0.15) is 11.3 Å². The molecule has 2 aromatic heterocycles. The number of pyridine rings is 1. The zero-order valence-electron chi connectivity index (χ0n) is 15.9. The fourth-order valence-electron chi connectivity index (χ4n) is 3.17. The summed E-state index contributed by atoms with van der Waals surface area (Å²) in [5.41, 5.74) is 1.94. The lowest BCUT2D eigenvalue weighted by molar-refractivity contribution is -0.120. The summed E-state index contributed by atoms with van der Waals surface area (Å²) in [6.07, 6.45) is 5.62. The van der Waals surface area contributed by atoms with Crippen LogP contribution in [0, 0.1) is 5.92 Å². The molecule has 2 N–H and O–H groups in total. The molecule has 148 valence electrons. The van der Waals surface area contributed by atoms with Crippen molar-refractivity contribution in [2.24, 2.45) is 5.92 Å². The Morgan fingerprint density at radius 1 is 1.28 bits per heavy atom. The number of aromatic nitrogens is 3. The van der Waals surface area contributed by atoms with E-state index in [9.17, 15) is 9.90 Å². The highest BCUT2D eigenvalue weighted by atomic mass is 16.5. The molecule has 1 aromatic carbocycles. The first-order valence-corrected chi connectivity index (χ1v) is 9.26. The molecule has 0 radical (unpaired) electrons. The summed E-state index contributed by atoms with van der Waals surface area (Å²) in [7, 11) is 1.64. The second-order valence-electron chi connectivity index (χ2n) is 6.86. The quantitative estimate of drug-likeness (QED) is 0.665. The number of nitrogens with zero attached hydrogens (tertiary/aromatic N) is 4. The molecule has 0 unspecified atom stereocenters. The normalized spacial score (nSPS) is 13.6. The van der Waals surface area contributed by atoms with Gasteiger partial charge in [0.05, 0.1) is 24.9 Å². The van der Waals surface area contributed by atoms with E-state index in [2.05, 4.69) is 20.3 Å². The van der Waals surface area contributed by atoms with Crippen molar-refractivity contribution in [3.05, 3.63) is 66.2 Å². The molecule has 1 aliphatic heterocycles. The molecule has 1 amide bonds. The van der Waals surface area contributed by atoms with E-state index < -0.39 is 0 Å². The Morgan fingerprint density at radius 3 is 2.93 bits per heavy atom. The number of ether oxygens (including phenoxy) is 1. The lowest BCUT2D eigenvalue weighted by Gasteiger charge is -2.38. The van der Waals surface area contributed by atoms with Gasteiger partial charge >= 0.3 is 0 Å². The van der Waals surface area contributed by atoms with Gasteiger partial charge < -0.3 is 20.1 Å². The maximum absolute atomic E-state index is 12.4. The van der Waals surface area contributed by atoms with E-state index in [1.807, 2.05) is 29.2 Å². The third-order valence-corrected chi connectivity index (χ3v) is 4.80. The molecule has 1 fully saturated rings. The summed E-state index contributed by atoms with van der Waals surface area (Å²) >= 11 is 0. The molecule has 4 rings (SSSR count). The van der Waals surface area contributed by atoms with E-state index in [1.54, 1.807) is 25.6 Å². The van der Waals surface area contributed by atoms with Crippen molar-refractivity contribution >= 4 is 17.5 Å². The predicted molar refractivity (Wildman–Crippen MR) is 108 cm³/mol. The first-order valence-electron chi connectivity index (χ1n) is 9.26. The van der Waals surface area contributed by atoms with Gasteiger partial charge in [-0.1, -0.05) is 12.1 Å². The summed E-state index contributed by atoms with van der Waals surface area (Å²) in [6.45, 7) is 1.08. The standard InChI is InChI=1S/C21H21N5O3/c1-29-17-5-2-4-14(9-17)8-16-10-22-11-19(24-16)26-12-15(13-26)21(28)25-20-18(27)6-3-7-23-20/h2-7,9-11,15,27H,8,12-13H2,1H3,(H,23,25,28). The second kappa shape index (κ2) is 8.14. The Bertz CT molecular complexity index is 1020. The number of benzene rings is 1. The molecule has 0 spiro atoms. The molecule has 29 heavy (non-hydrogen) atoms. The summed E-state index contributed by atoms with van der Waals surface area (Å²) < 4.78 is 5.26. The number of hydrogen-bond donors (Lipinski definition) is 2. The Hall–Kier alpha value is -3.68. The minimum Gasteiger partial charge on any atom is -0.504 e. The van der Waals surface area contributed by atoms with Crippen molar-refractivity contribution in [1.29, 1.82) is 0 Å². The molecule has 8 nitrogen and oxygen atoms in total. The number of amides is 1. The van der Waals surface area contributed by atoms with Crippen LogP contribution in [0.15, 0.2) is 55.0 Å². The first-order chi connectivity index (χ1) is 14.1. The predicted octanol–water partition coefficient (Wildman–Crippen LogP) is 2.25. The number of anilines is 2. The van der Waals surface area contributed by atoms with Gasteiger partial charge in [-0.3, -0.25) is 9.78 Å². The molecule has 0 aliphatic carbocycles. The number of hydrogen-bond acceptors (Lipinski definition) is 7. The number of methoxy groups -OCH3 is 1. The zero-order chi connectivity index (χ0) is 20.2. The lowest BCUT2D eigenvalue weighted by Crippen LogP contribution is -2.52. The Balaban J connectivity index is 1.36. The first kappa shape index (κ1) is 18.7. The molecular weight excluding hydrogens is 370 g/mol. The summed E-state index contributed by atoms with van der Waals surface area (Å²) in [5.74, 6) is 1.32. The smallest absolute Gasteiger partial charge is 0.232 e. The van der Waals surface area contributed by atoms with Crippen LogP contribution >= 0.6 is 0 Å². The monoisotopic (exact) mass is 391 g/mol. The molecular formula is C21H21N5O3. The number of aromatic hydroxyl groups is 1. The SMILES string of the molecule is COc1cccc(Cc2cncc(N3CC(C(=O)Nc4ncccc4O)C3)n2)c1. The molecule has 0 atom stereocenters.